The molecule has 0 bridgehead atoms. The average molecular weight is 413 g/mol. The molecule has 3 rings (SSSR count). The van der Waals surface area contributed by atoms with Crippen LogP contribution in [0.25, 0.3) is 10.9 Å². The van der Waals surface area contributed by atoms with E-state index in [1.54, 1.807) is 25.1 Å². The number of fused-ring (bicyclic) bond motifs is 1. The maximum absolute atomic E-state index is 12.8. The minimum Gasteiger partial charge on any atom is -0.495 e. The quantitative estimate of drug-likeness (QED) is 0.614. The largest absolute Gasteiger partial charge is 0.495 e. The highest BCUT2D eigenvalue weighted by Gasteiger charge is 2.24. The molecule has 3 aromatic rings. The molecule has 2 aromatic carbocycles. The minimum atomic E-state index is -1.03. The first kappa shape index (κ1) is 20.6. The van der Waals surface area contributed by atoms with Gasteiger partial charge in [0, 0.05) is 10.4 Å². The first-order valence-corrected chi connectivity index (χ1v) is 9.41. The number of carbonyl (C=O) groups is 2. The Labute approximate surface area is 173 Å². The first-order chi connectivity index (χ1) is 13.8. The second-order valence-electron chi connectivity index (χ2n) is 6.60. The summed E-state index contributed by atoms with van der Waals surface area (Å²) in [6.45, 7) is 5.09. The Morgan fingerprint density at radius 3 is 2.59 bits per heavy atom. The van der Waals surface area contributed by atoms with E-state index < -0.39 is 18.0 Å². The van der Waals surface area contributed by atoms with Gasteiger partial charge in [0.1, 0.15) is 5.75 Å². The molecule has 0 spiro atoms. The highest BCUT2D eigenvalue weighted by atomic mass is 35.5. The van der Waals surface area contributed by atoms with Crippen molar-refractivity contribution in [3.05, 3.63) is 64.3 Å². The summed E-state index contributed by atoms with van der Waals surface area (Å²) >= 11 is 5.98. The number of aryl methyl sites for hydroxylation is 2. The number of hydrogen-bond donors (Lipinski definition) is 1. The molecule has 0 fully saturated rings. The van der Waals surface area contributed by atoms with Crippen molar-refractivity contribution < 1.29 is 19.1 Å². The Bertz CT molecular complexity index is 1100. The average Bonchev–Trinajstić information content (AvgIpc) is 2.68. The molecule has 0 saturated heterocycles. The van der Waals surface area contributed by atoms with E-state index in [4.69, 9.17) is 21.1 Å². The van der Waals surface area contributed by atoms with Gasteiger partial charge in [0.15, 0.2) is 6.10 Å². The highest BCUT2D eigenvalue weighted by molar-refractivity contribution is 6.31. The van der Waals surface area contributed by atoms with Gasteiger partial charge in [0.05, 0.1) is 29.6 Å². The molecule has 6 nitrogen and oxygen atoms in total. The standard InChI is InChI=1S/C22H21ClN2O4/c1-12-16-7-5-6-8-17(16)24-13(2)20(12)22(27)29-14(3)21(26)25-18-11-15(23)9-10-19(18)28-4/h5-11,14H,1-4H3,(H,25,26)/t14-/m1/s1. The summed E-state index contributed by atoms with van der Waals surface area (Å²) in [6, 6.07) is 12.4. The molecule has 1 heterocycles. The molecule has 0 unspecified atom stereocenters. The lowest BCUT2D eigenvalue weighted by Crippen LogP contribution is -2.30. The number of nitrogens with zero attached hydrogens (tertiary/aromatic N) is 1. The third-order valence-corrected chi connectivity index (χ3v) is 4.84. The zero-order valence-corrected chi connectivity index (χ0v) is 17.3. The maximum atomic E-state index is 12.8. The van der Waals surface area contributed by atoms with Gasteiger partial charge in [-0.05, 0) is 50.6 Å². The number of benzene rings is 2. The van der Waals surface area contributed by atoms with Crippen LogP contribution in [0.4, 0.5) is 5.69 Å². The summed E-state index contributed by atoms with van der Waals surface area (Å²) in [5, 5.41) is 3.99. The number of anilines is 1. The van der Waals surface area contributed by atoms with Crippen molar-refractivity contribution in [3.63, 3.8) is 0 Å². The van der Waals surface area contributed by atoms with Gasteiger partial charge in [0.2, 0.25) is 0 Å². The zero-order valence-electron chi connectivity index (χ0n) is 16.6. The number of esters is 1. The number of methoxy groups -OCH3 is 1. The Morgan fingerprint density at radius 2 is 1.86 bits per heavy atom. The van der Waals surface area contributed by atoms with Crippen LogP contribution in [0, 0.1) is 13.8 Å². The number of rotatable bonds is 5. The molecule has 7 heteroatoms. The normalized spacial score (nSPS) is 11.8. The molecule has 0 radical (unpaired) electrons. The fraction of sp³-hybridized carbons (Fsp3) is 0.227. The summed E-state index contributed by atoms with van der Waals surface area (Å²) in [5.74, 6) is -0.645. The van der Waals surface area contributed by atoms with E-state index in [1.165, 1.54) is 14.0 Å². The van der Waals surface area contributed by atoms with Crippen LogP contribution in [0.15, 0.2) is 42.5 Å². The molecular formula is C22H21ClN2O4. The van der Waals surface area contributed by atoms with Crippen LogP contribution in [-0.2, 0) is 9.53 Å². The van der Waals surface area contributed by atoms with Crippen molar-refractivity contribution in [2.24, 2.45) is 0 Å². The van der Waals surface area contributed by atoms with E-state index in [-0.39, 0.29) is 0 Å². The molecule has 150 valence electrons. The van der Waals surface area contributed by atoms with Crippen molar-refractivity contribution in [1.82, 2.24) is 4.98 Å². The number of amides is 1. The Balaban J connectivity index is 1.80. The Kier molecular flexibility index (Phi) is 6.03. The van der Waals surface area contributed by atoms with Gasteiger partial charge in [-0.3, -0.25) is 9.78 Å². The van der Waals surface area contributed by atoms with Crippen molar-refractivity contribution >= 4 is 40.1 Å². The minimum absolute atomic E-state index is 0.365. The number of ether oxygens (including phenoxy) is 2. The summed E-state index contributed by atoms with van der Waals surface area (Å²) in [4.78, 5) is 29.8. The van der Waals surface area contributed by atoms with Crippen LogP contribution in [0.3, 0.4) is 0 Å². The summed E-state index contributed by atoms with van der Waals surface area (Å²) in [7, 11) is 1.49. The van der Waals surface area contributed by atoms with Crippen molar-refractivity contribution in [2.75, 3.05) is 12.4 Å². The van der Waals surface area contributed by atoms with Gasteiger partial charge in [-0.2, -0.15) is 0 Å². The van der Waals surface area contributed by atoms with Crippen LogP contribution < -0.4 is 10.1 Å². The summed E-state index contributed by atoms with van der Waals surface area (Å²) in [6.07, 6.45) is -1.03. The lowest BCUT2D eigenvalue weighted by Gasteiger charge is -2.17. The van der Waals surface area contributed by atoms with Crippen LogP contribution in [0.2, 0.25) is 5.02 Å². The fourth-order valence-electron chi connectivity index (χ4n) is 3.12. The number of aromatic nitrogens is 1. The van der Waals surface area contributed by atoms with E-state index >= 15 is 0 Å². The number of hydrogen-bond acceptors (Lipinski definition) is 5. The molecule has 1 atom stereocenters. The highest BCUT2D eigenvalue weighted by Crippen LogP contribution is 2.28. The number of nitrogens with one attached hydrogen (secondary N) is 1. The second-order valence-corrected chi connectivity index (χ2v) is 7.03. The van der Waals surface area contributed by atoms with E-state index in [0.717, 1.165) is 16.5 Å². The third-order valence-electron chi connectivity index (χ3n) is 4.61. The molecule has 29 heavy (non-hydrogen) atoms. The predicted molar refractivity (Wildman–Crippen MR) is 113 cm³/mol. The molecule has 0 aliphatic carbocycles. The van der Waals surface area contributed by atoms with Gasteiger partial charge in [-0.1, -0.05) is 29.8 Å². The number of carbonyl (C=O) groups excluding carboxylic acids is 2. The topological polar surface area (TPSA) is 77.5 Å². The van der Waals surface area contributed by atoms with E-state index in [1.807, 2.05) is 31.2 Å². The lowest BCUT2D eigenvalue weighted by molar-refractivity contribution is -0.123. The number of para-hydroxylation sites is 1. The van der Waals surface area contributed by atoms with Crippen molar-refractivity contribution in [1.29, 1.82) is 0 Å². The monoisotopic (exact) mass is 412 g/mol. The molecule has 0 aliphatic rings. The molecule has 1 aromatic heterocycles. The fourth-order valence-corrected chi connectivity index (χ4v) is 3.29. The lowest BCUT2D eigenvalue weighted by atomic mass is 10.0. The molecule has 1 amide bonds. The SMILES string of the molecule is COc1ccc(Cl)cc1NC(=O)[C@@H](C)OC(=O)c1c(C)nc2ccccc2c1C. The molecular weight excluding hydrogens is 392 g/mol. The summed E-state index contributed by atoms with van der Waals surface area (Å²) < 4.78 is 10.6. The van der Waals surface area contributed by atoms with Crippen LogP contribution in [-0.4, -0.2) is 30.1 Å². The predicted octanol–water partition coefficient (Wildman–Crippen LogP) is 4.70. The number of pyridine rings is 1. The van der Waals surface area contributed by atoms with E-state index in [0.29, 0.717) is 27.7 Å². The smallest absolute Gasteiger partial charge is 0.341 e. The van der Waals surface area contributed by atoms with Gasteiger partial charge in [-0.15, -0.1) is 0 Å². The van der Waals surface area contributed by atoms with Gasteiger partial charge in [-0.25, -0.2) is 4.79 Å². The van der Waals surface area contributed by atoms with Gasteiger partial charge < -0.3 is 14.8 Å². The van der Waals surface area contributed by atoms with E-state index in [2.05, 4.69) is 10.3 Å². The van der Waals surface area contributed by atoms with Gasteiger partial charge in [0.25, 0.3) is 5.91 Å². The molecule has 0 saturated carbocycles. The second kappa shape index (κ2) is 8.49. The first-order valence-electron chi connectivity index (χ1n) is 9.03. The summed E-state index contributed by atoms with van der Waals surface area (Å²) in [5.41, 5.74) is 2.88. The number of halogens is 1. The van der Waals surface area contributed by atoms with Crippen LogP contribution in [0.5, 0.6) is 5.75 Å². The van der Waals surface area contributed by atoms with Crippen LogP contribution in [0.1, 0.15) is 28.5 Å². The zero-order chi connectivity index (χ0) is 21.1. The third kappa shape index (κ3) is 4.32. The van der Waals surface area contributed by atoms with Gasteiger partial charge >= 0.3 is 5.97 Å². The van der Waals surface area contributed by atoms with Crippen molar-refractivity contribution in [2.45, 2.75) is 26.9 Å². The Hall–Kier alpha value is -3.12. The maximum Gasteiger partial charge on any atom is 0.341 e. The molecule has 1 N–H and O–H groups in total. The van der Waals surface area contributed by atoms with E-state index in [9.17, 15) is 9.59 Å². The molecule has 0 aliphatic heterocycles. The van der Waals surface area contributed by atoms with Crippen LogP contribution >= 0.6 is 11.6 Å². The Morgan fingerprint density at radius 1 is 1.14 bits per heavy atom. The van der Waals surface area contributed by atoms with Crippen molar-refractivity contribution in [3.8, 4) is 5.75 Å².